The van der Waals surface area contributed by atoms with Gasteiger partial charge in [-0.05, 0) is 49.7 Å². The molecule has 0 aromatic carbocycles. The molecule has 2 fully saturated rings. The average Bonchev–Trinajstić information content (AvgIpc) is 3.11. The van der Waals surface area contributed by atoms with E-state index in [2.05, 4.69) is 17.9 Å². The number of aryl methyl sites for hydroxylation is 1. The van der Waals surface area contributed by atoms with Crippen molar-refractivity contribution < 1.29 is 14.3 Å². The first kappa shape index (κ1) is 18.0. The highest BCUT2D eigenvalue weighted by Crippen LogP contribution is 2.34. The third-order valence-corrected chi connectivity index (χ3v) is 7.26. The largest absolute Gasteiger partial charge is 0.378 e. The Morgan fingerprint density at radius 2 is 1.81 bits per heavy atom. The van der Waals surface area contributed by atoms with Crippen molar-refractivity contribution in [2.45, 2.75) is 39.0 Å². The van der Waals surface area contributed by atoms with Gasteiger partial charge in [-0.3, -0.25) is 9.59 Å². The number of carbonyl (C=O) groups is 2. The molecule has 1 aromatic heterocycles. The molecule has 2 saturated heterocycles. The van der Waals surface area contributed by atoms with E-state index in [1.54, 1.807) is 11.3 Å². The Balaban J connectivity index is 1.41. The van der Waals surface area contributed by atoms with Crippen molar-refractivity contribution >= 4 is 23.2 Å². The molecule has 2 amide bonds. The molecule has 142 valence electrons. The van der Waals surface area contributed by atoms with Crippen molar-refractivity contribution in [3.05, 3.63) is 21.4 Å². The van der Waals surface area contributed by atoms with Gasteiger partial charge < -0.3 is 14.5 Å². The van der Waals surface area contributed by atoms with Gasteiger partial charge in [0.1, 0.15) is 0 Å². The number of amides is 2. The number of morpholine rings is 1. The van der Waals surface area contributed by atoms with Crippen LogP contribution in [0.3, 0.4) is 0 Å². The summed E-state index contributed by atoms with van der Waals surface area (Å²) in [5, 5.41) is 0. The number of likely N-dealkylation sites (tertiary alicyclic amines) is 1. The van der Waals surface area contributed by atoms with Crippen LogP contribution in [-0.4, -0.2) is 61.0 Å². The summed E-state index contributed by atoms with van der Waals surface area (Å²) in [4.78, 5) is 31.7. The van der Waals surface area contributed by atoms with E-state index >= 15 is 0 Å². The molecule has 3 heterocycles. The molecule has 4 rings (SSSR count). The van der Waals surface area contributed by atoms with Crippen molar-refractivity contribution in [1.29, 1.82) is 0 Å². The number of nitrogens with zero attached hydrogens (tertiary/aromatic N) is 2. The predicted molar refractivity (Wildman–Crippen MR) is 102 cm³/mol. The zero-order valence-corrected chi connectivity index (χ0v) is 16.4. The van der Waals surface area contributed by atoms with Gasteiger partial charge in [-0.25, -0.2) is 0 Å². The Labute approximate surface area is 159 Å². The molecule has 1 atom stereocenters. The van der Waals surface area contributed by atoms with E-state index in [0.29, 0.717) is 32.2 Å². The van der Waals surface area contributed by atoms with Gasteiger partial charge in [0, 0.05) is 37.0 Å². The second-order valence-corrected chi connectivity index (χ2v) is 9.05. The van der Waals surface area contributed by atoms with Gasteiger partial charge in [0.2, 0.25) is 5.91 Å². The number of thiophene rings is 1. The molecule has 0 saturated carbocycles. The molecule has 0 N–H and O–H groups in total. The van der Waals surface area contributed by atoms with E-state index in [4.69, 9.17) is 4.74 Å². The first-order valence-corrected chi connectivity index (χ1v) is 10.7. The minimum atomic E-state index is 0.0943. The maximum atomic E-state index is 12.9. The van der Waals surface area contributed by atoms with Crippen LogP contribution in [-0.2, 0) is 22.4 Å². The Hall–Kier alpha value is -1.40. The lowest BCUT2D eigenvalue weighted by Crippen LogP contribution is -2.42. The molecule has 1 aromatic rings. The summed E-state index contributed by atoms with van der Waals surface area (Å²) in [5.41, 5.74) is 1.22. The van der Waals surface area contributed by atoms with Gasteiger partial charge in [0.15, 0.2) is 0 Å². The van der Waals surface area contributed by atoms with E-state index < -0.39 is 0 Å². The van der Waals surface area contributed by atoms with Gasteiger partial charge in [-0.2, -0.15) is 0 Å². The van der Waals surface area contributed by atoms with Gasteiger partial charge in [0.05, 0.1) is 18.1 Å². The summed E-state index contributed by atoms with van der Waals surface area (Å²) >= 11 is 1.63. The second-order valence-electron chi connectivity index (χ2n) is 7.91. The van der Waals surface area contributed by atoms with Gasteiger partial charge >= 0.3 is 0 Å². The van der Waals surface area contributed by atoms with Gasteiger partial charge in [-0.15, -0.1) is 11.3 Å². The lowest BCUT2D eigenvalue weighted by Gasteiger charge is -2.34. The summed E-state index contributed by atoms with van der Waals surface area (Å²) in [6, 6.07) is 2.05. The van der Waals surface area contributed by atoms with Crippen LogP contribution in [0.4, 0.5) is 0 Å². The molecule has 0 spiro atoms. The van der Waals surface area contributed by atoms with Crippen LogP contribution in [0.2, 0.25) is 0 Å². The number of hydrogen-bond donors (Lipinski definition) is 0. The van der Waals surface area contributed by atoms with Crippen LogP contribution < -0.4 is 0 Å². The lowest BCUT2D eigenvalue weighted by atomic mass is 9.86. The zero-order chi connectivity index (χ0) is 18.1. The van der Waals surface area contributed by atoms with Crippen LogP contribution in [0.25, 0.3) is 0 Å². The van der Waals surface area contributed by atoms with Crippen LogP contribution in [0.5, 0.6) is 0 Å². The van der Waals surface area contributed by atoms with E-state index in [1.165, 1.54) is 10.4 Å². The minimum Gasteiger partial charge on any atom is -0.378 e. The first-order valence-electron chi connectivity index (χ1n) is 9.89. The summed E-state index contributed by atoms with van der Waals surface area (Å²) < 4.78 is 5.34. The highest BCUT2D eigenvalue weighted by molar-refractivity contribution is 7.14. The fraction of sp³-hybridized carbons (Fsp3) is 0.700. The number of hydrogen-bond acceptors (Lipinski definition) is 4. The quantitative estimate of drug-likeness (QED) is 0.797. The maximum Gasteiger partial charge on any atom is 0.264 e. The van der Waals surface area contributed by atoms with Gasteiger partial charge in [0.25, 0.3) is 5.91 Å². The highest BCUT2D eigenvalue weighted by Gasteiger charge is 2.32. The minimum absolute atomic E-state index is 0.0943. The summed E-state index contributed by atoms with van der Waals surface area (Å²) in [5.74, 6) is 1.29. The van der Waals surface area contributed by atoms with Crippen LogP contribution in [0.15, 0.2) is 6.07 Å². The van der Waals surface area contributed by atoms with Crippen LogP contribution in [0.1, 0.15) is 46.3 Å². The molecule has 26 heavy (non-hydrogen) atoms. The van der Waals surface area contributed by atoms with Crippen LogP contribution in [0, 0.1) is 11.8 Å². The predicted octanol–water partition coefficient (Wildman–Crippen LogP) is 2.58. The smallest absolute Gasteiger partial charge is 0.264 e. The Kier molecular flexibility index (Phi) is 5.32. The average molecular weight is 377 g/mol. The monoisotopic (exact) mass is 376 g/mol. The fourth-order valence-corrected chi connectivity index (χ4v) is 5.43. The number of ether oxygens (including phenoxy) is 1. The molecule has 6 heteroatoms. The van der Waals surface area contributed by atoms with Crippen molar-refractivity contribution in [2.75, 3.05) is 39.4 Å². The fourth-order valence-electron chi connectivity index (χ4n) is 4.25. The molecule has 0 radical (unpaired) electrons. The Morgan fingerprint density at radius 3 is 2.54 bits per heavy atom. The molecule has 1 aliphatic carbocycles. The molecular formula is C20H28N2O3S. The number of piperidine rings is 1. The van der Waals surface area contributed by atoms with E-state index in [-0.39, 0.29) is 11.8 Å². The number of rotatable bonds is 2. The molecule has 2 aliphatic heterocycles. The molecule has 0 bridgehead atoms. The number of carbonyl (C=O) groups excluding carboxylic acids is 2. The lowest BCUT2D eigenvalue weighted by molar-refractivity contribution is -0.137. The topological polar surface area (TPSA) is 49.9 Å². The van der Waals surface area contributed by atoms with Crippen LogP contribution >= 0.6 is 11.3 Å². The third-order valence-electron chi connectivity index (χ3n) is 6.04. The standard InChI is InChI=1S/C20H28N2O3S/c1-14-4-6-21(7-5-14)19(23)15-2-3-17-16(12-15)13-18(26-17)20(24)22-8-10-25-11-9-22/h13-15H,2-12H2,1H3/t15-/m0/s1. The highest BCUT2D eigenvalue weighted by atomic mass is 32.1. The summed E-state index contributed by atoms with van der Waals surface area (Å²) in [6.45, 7) is 6.70. The zero-order valence-electron chi connectivity index (χ0n) is 15.5. The SMILES string of the molecule is CC1CCN(C(=O)[C@H]2CCc3sc(C(=O)N4CCOCC4)cc3C2)CC1. The molecular weight excluding hydrogens is 348 g/mol. The first-order chi connectivity index (χ1) is 12.6. The number of fused-ring (bicyclic) bond motifs is 1. The van der Waals surface area contributed by atoms with E-state index in [9.17, 15) is 9.59 Å². The van der Waals surface area contributed by atoms with E-state index in [1.807, 2.05) is 4.90 Å². The Bertz CT molecular complexity index is 673. The maximum absolute atomic E-state index is 12.9. The second kappa shape index (κ2) is 7.69. The van der Waals surface area contributed by atoms with Crippen molar-refractivity contribution in [2.24, 2.45) is 11.8 Å². The summed E-state index contributed by atoms with van der Waals surface area (Å²) in [6.07, 6.45) is 4.90. The molecule has 0 unspecified atom stereocenters. The van der Waals surface area contributed by atoms with Crippen molar-refractivity contribution in [3.63, 3.8) is 0 Å². The molecule has 5 nitrogen and oxygen atoms in total. The normalized spacial score (nSPS) is 24.4. The third kappa shape index (κ3) is 3.67. The van der Waals surface area contributed by atoms with Crippen molar-refractivity contribution in [1.82, 2.24) is 9.80 Å². The van der Waals surface area contributed by atoms with E-state index in [0.717, 1.165) is 56.0 Å². The van der Waals surface area contributed by atoms with Gasteiger partial charge in [-0.1, -0.05) is 6.92 Å². The Morgan fingerprint density at radius 1 is 1.08 bits per heavy atom. The summed E-state index contributed by atoms with van der Waals surface area (Å²) in [7, 11) is 0. The van der Waals surface area contributed by atoms with Crippen molar-refractivity contribution in [3.8, 4) is 0 Å². The molecule has 3 aliphatic rings.